The molecule has 0 atom stereocenters. The minimum absolute atomic E-state index is 0.812. The summed E-state index contributed by atoms with van der Waals surface area (Å²) >= 11 is 3.40. The van der Waals surface area contributed by atoms with Gasteiger partial charge in [-0.15, -0.1) is 11.3 Å². The van der Waals surface area contributed by atoms with Gasteiger partial charge in [0.05, 0.1) is 5.39 Å². The molecule has 0 amide bonds. The van der Waals surface area contributed by atoms with Gasteiger partial charge in [-0.05, 0) is 30.9 Å². The standard InChI is InChI=1S/C13H13N3S2/c1-7-5-17-6-10(7)12-15-11(14-3)9-4-8(2)18-13(9)16-12/h4-6H,1-3H3,(H,14,15,16). The predicted octanol–water partition coefficient (Wildman–Crippen LogP) is 4.08. The van der Waals surface area contributed by atoms with E-state index in [0.29, 0.717) is 0 Å². The maximum absolute atomic E-state index is 4.68. The molecule has 0 radical (unpaired) electrons. The molecule has 0 bridgehead atoms. The molecule has 18 heavy (non-hydrogen) atoms. The van der Waals surface area contributed by atoms with Gasteiger partial charge in [-0.2, -0.15) is 11.3 Å². The molecule has 5 heteroatoms. The van der Waals surface area contributed by atoms with Crippen LogP contribution >= 0.6 is 22.7 Å². The van der Waals surface area contributed by atoms with Gasteiger partial charge in [0.15, 0.2) is 5.82 Å². The molecule has 92 valence electrons. The van der Waals surface area contributed by atoms with E-state index in [4.69, 9.17) is 0 Å². The fraction of sp³-hybridized carbons (Fsp3) is 0.231. The lowest BCUT2D eigenvalue weighted by Crippen LogP contribution is -1.97. The normalized spacial score (nSPS) is 11.1. The van der Waals surface area contributed by atoms with Crippen molar-refractivity contribution >= 4 is 38.7 Å². The van der Waals surface area contributed by atoms with Gasteiger partial charge in [0, 0.05) is 22.9 Å². The Morgan fingerprint density at radius 3 is 2.67 bits per heavy atom. The molecule has 0 aliphatic rings. The van der Waals surface area contributed by atoms with Crippen LogP contribution < -0.4 is 5.32 Å². The lowest BCUT2D eigenvalue weighted by molar-refractivity contribution is 1.22. The van der Waals surface area contributed by atoms with Gasteiger partial charge in [0.1, 0.15) is 10.6 Å². The number of fused-ring (bicyclic) bond motifs is 1. The van der Waals surface area contributed by atoms with Gasteiger partial charge in [0.25, 0.3) is 0 Å². The SMILES string of the molecule is CNc1nc(-c2cscc2C)nc2sc(C)cc12. The van der Waals surface area contributed by atoms with Crippen molar-refractivity contribution in [3.8, 4) is 11.4 Å². The summed E-state index contributed by atoms with van der Waals surface area (Å²) in [6.45, 7) is 4.19. The number of nitrogens with one attached hydrogen (secondary N) is 1. The fourth-order valence-corrected chi connectivity index (χ4v) is 3.65. The van der Waals surface area contributed by atoms with Crippen LogP contribution in [0.2, 0.25) is 0 Å². The van der Waals surface area contributed by atoms with Crippen molar-refractivity contribution in [2.75, 3.05) is 12.4 Å². The Morgan fingerprint density at radius 1 is 1.17 bits per heavy atom. The van der Waals surface area contributed by atoms with Gasteiger partial charge in [0.2, 0.25) is 0 Å². The highest BCUT2D eigenvalue weighted by Gasteiger charge is 2.12. The van der Waals surface area contributed by atoms with Crippen LogP contribution in [-0.4, -0.2) is 17.0 Å². The smallest absolute Gasteiger partial charge is 0.164 e. The van der Waals surface area contributed by atoms with Crippen molar-refractivity contribution in [3.63, 3.8) is 0 Å². The van der Waals surface area contributed by atoms with E-state index >= 15 is 0 Å². The number of rotatable bonds is 2. The first kappa shape index (κ1) is 11.6. The minimum Gasteiger partial charge on any atom is -0.372 e. The molecule has 0 saturated heterocycles. The van der Waals surface area contributed by atoms with Gasteiger partial charge in [-0.3, -0.25) is 0 Å². The summed E-state index contributed by atoms with van der Waals surface area (Å²) in [5.74, 6) is 1.72. The van der Waals surface area contributed by atoms with E-state index in [0.717, 1.165) is 27.4 Å². The molecular weight excluding hydrogens is 262 g/mol. The van der Waals surface area contributed by atoms with E-state index in [-0.39, 0.29) is 0 Å². The monoisotopic (exact) mass is 275 g/mol. The second-order valence-corrected chi connectivity index (χ2v) is 6.17. The van der Waals surface area contributed by atoms with Crippen LogP contribution in [0.5, 0.6) is 0 Å². The quantitative estimate of drug-likeness (QED) is 0.766. The topological polar surface area (TPSA) is 37.8 Å². The van der Waals surface area contributed by atoms with Crippen LogP contribution in [-0.2, 0) is 0 Å². The first-order valence-corrected chi connectivity index (χ1v) is 7.44. The second kappa shape index (κ2) is 4.33. The van der Waals surface area contributed by atoms with Crippen molar-refractivity contribution in [1.29, 1.82) is 0 Å². The Kier molecular flexibility index (Phi) is 2.80. The maximum Gasteiger partial charge on any atom is 0.164 e. The van der Waals surface area contributed by atoms with E-state index < -0.39 is 0 Å². The second-order valence-electron chi connectivity index (χ2n) is 4.19. The van der Waals surface area contributed by atoms with Crippen molar-refractivity contribution in [2.45, 2.75) is 13.8 Å². The Hall–Kier alpha value is -1.46. The highest BCUT2D eigenvalue weighted by atomic mass is 32.1. The summed E-state index contributed by atoms with van der Waals surface area (Å²) < 4.78 is 0. The third-order valence-electron chi connectivity index (χ3n) is 2.85. The highest BCUT2D eigenvalue weighted by Crippen LogP contribution is 2.32. The van der Waals surface area contributed by atoms with Gasteiger partial charge < -0.3 is 5.32 Å². The summed E-state index contributed by atoms with van der Waals surface area (Å²) in [5, 5.41) is 8.51. The van der Waals surface area contributed by atoms with E-state index in [9.17, 15) is 0 Å². The Bertz CT molecular complexity index is 712. The predicted molar refractivity (Wildman–Crippen MR) is 79.7 cm³/mol. The van der Waals surface area contributed by atoms with Crippen molar-refractivity contribution in [1.82, 2.24) is 9.97 Å². The summed E-state index contributed by atoms with van der Waals surface area (Å²) in [7, 11) is 1.90. The first-order chi connectivity index (χ1) is 8.69. The fourth-order valence-electron chi connectivity index (χ4n) is 1.94. The van der Waals surface area contributed by atoms with Crippen LogP contribution in [0.15, 0.2) is 16.8 Å². The van der Waals surface area contributed by atoms with Crippen LogP contribution in [0.4, 0.5) is 5.82 Å². The summed E-state index contributed by atoms with van der Waals surface area (Å²) in [6.07, 6.45) is 0. The molecule has 3 nitrogen and oxygen atoms in total. The van der Waals surface area contributed by atoms with E-state index in [1.54, 1.807) is 22.7 Å². The number of anilines is 1. The summed E-state index contributed by atoms with van der Waals surface area (Å²) in [5.41, 5.74) is 2.36. The lowest BCUT2D eigenvalue weighted by Gasteiger charge is -2.04. The molecule has 3 rings (SSSR count). The molecule has 0 saturated carbocycles. The van der Waals surface area contributed by atoms with Gasteiger partial charge in [-0.25, -0.2) is 9.97 Å². The molecule has 3 aromatic heterocycles. The number of thiophene rings is 2. The largest absolute Gasteiger partial charge is 0.372 e. The number of hydrogen-bond acceptors (Lipinski definition) is 5. The Balaban J connectivity index is 2.28. The molecule has 1 N–H and O–H groups in total. The molecular formula is C13H13N3S2. The lowest BCUT2D eigenvalue weighted by atomic mass is 10.2. The number of nitrogens with zero attached hydrogens (tertiary/aromatic N) is 2. The molecule has 0 fully saturated rings. The highest BCUT2D eigenvalue weighted by molar-refractivity contribution is 7.18. The molecule has 0 spiro atoms. The zero-order valence-corrected chi connectivity index (χ0v) is 12.1. The van der Waals surface area contributed by atoms with E-state index in [1.807, 2.05) is 7.05 Å². The molecule has 0 aliphatic heterocycles. The third kappa shape index (κ3) is 1.79. The zero-order valence-electron chi connectivity index (χ0n) is 10.4. The summed E-state index contributed by atoms with van der Waals surface area (Å²) in [6, 6.07) is 2.14. The zero-order chi connectivity index (χ0) is 12.7. The van der Waals surface area contributed by atoms with Gasteiger partial charge >= 0.3 is 0 Å². The average Bonchev–Trinajstić information content (AvgIpc) is 2.92. The molecule has 3 aromatic rings. The van der Waals surface area contributed by atoms with Crippen molar-refractivity contribution in [2.24, 2.45) is 0 Å². The van der Waals surface area contributed by atoms with Crippen molar-refractivity contribution in [3.05, 3.63) is 27.3 Å². The minimum atomic E-state index is 0.812. The molecule has 0 unspecified atom stereocenters. The molecule has 3 heterocycles. The Morgan fingerprint density at radius 2 is 2.00 bits per heavy atom. The Labute approximate surface area is 114 Å². The van der Waals surface area contributed by atoms with Crippen LogP contribution in [0, 0.1) is 13.8 Å². The maximum atomic E-state index is 4.68. The first-order valence-electron chi connectivity index (χ1n) is 5.68. The summed E-state index contributed by atoms with van der Waals surface area (Å²) in [4.78, 5) is 11.6. The third-order valence-corrected chi connectivity index (χ3v) is 4.65. The van der Waals surface area contributed by atoms with E-state index in [2.05, 4.69) is 46.0 Å². The van der Waals surface area contributed by atoms with Crippen LogP contribution in [0.25, 0.3) is 21.6 Å². The van der Waals surface area contributed by atoms with Crippen molar-refractivity contribution < 1.29 is 0 Å². The van der Waals surface area contributed by atoms with E-state index in [1.165, 1.54) is 10.4 Å². The van der Waals surface area contributed by atoms with Gasteiger partial charge in [-0.1, -0.05) is 0 Å². The molecule has 0 aromatic carbocycles. The molecule has 0 aliphatic carbocycles. The van der Waals surface area contributed by atoms with Crippen LogP contribution in [0.3, 0.4) is 0 Å². The number of hydrogen-bond donors (Lipinski definition) is 1. The number of aryl methyl sites for hydroxylation is 2. The average molecular weight is 275 g/mol. The number of aromatic nitrogens is 2. The van der Waals surface area contributed by atoms with Crippen LogP contribution in [0.1, 0.15) is 10.4 Å².